The van der Waals surface area contributed by atoms with Gasteiger partial charge in [-0.1, -0.05) is 36.4 Å². The van der Waals surface area contributed by atoms with Crippen LogP contribution in [-0.4, -0.2) is 147 Å². The van der Waals surface area contributed by atoms with Crippen molar-refractivity contribution in [3.8, 4) is 5.75 Å². The maximum atomic E-state index is 13.4. The van der Waals surface area contributed by atoms with Crippen LogP contribution in [0.2, 0.25) is 0 Å². The van der Waals surface area contributed by atoms with Crippen molar-refractivity contribution >= 4 is 63.8 Å². The number of benzene rings is 3. The van der Waals surface area contributed by atoms with Crippen LogP contribution in [-0.2, 0) is 30.3 Å². The number of likely N-dealkylation sites (tertiary alicyclic amines) is 1. The smallest absolute Gasteiger partial charge is 0.266 e. The van der Waals surface area contributed by atoms with Crippen molar-refractivity contribution in [3.05, 3.63) is 102 Å². The lowest BCUT2D eigenvalue weighted by atomic mass is 9.86. The van der Waals surface area contributed by atoms with Gasteiger partial charge in [0.2, 0.25) is 17.7 Å². The van der Waals surface area contributed by atoms with Crippen LogP contribution in [0.1, 0.15) is 70.8 Å². The van der Waals surface area contributed by atoms with E-state index < -0.39 is 29.7 Å². The largest absolute Gasteiger partial charge is 0.483 e. The first-order valence-corrected chi connectivity index (χ1v) is 23.4. The average Bonchev–Trinajstić information content (AvgIpc) is 3.88. The molecule has 0 spiro atoms. The Morgan fingerprint density at radius 1 is 0.809 bits per heavy atom. The quantitative estimate of drug-likeness (QED) is 0.129. The van der Waals surface area contributed by atoms with Crippen LogP contribution in [0.4, 0.5) is 17.2 Å². The number of hydrogen-bond acceptors (Lipinski definition) is 14. The molecule has 10 rings (SSSR count). The number of aromatic nitrogens is 4. The highest BCUT2D eigenvalue weighted by Crippen LogP contribution is 2.36. The lowest BCUT2D eigenvalue weighted by Gasteiger charge is -2.36. The Balaban J connectivity index is 0.624. The minimum absolute atomic E-state index is 0.0150. The van der Waals surface area contributed by atoms with E-state index in [1.165, 1.54) is 12.1 Å². The number of imidazole rings is 1. The lowest BCUT2D eigenvalue weighted by Crippen LogP contribution is -2.54. The van der Waals surface area contributed by atoms with Gasteiger partial charge in [0, 0.05) is 75.7 Å². The van der Waals surface area contributed by atoms with E-state index in [0.29, 0.717) is 50.3 Å². The third kappa shape index (κ3) is 9.48. The fraction of sp³-hybridized carbons (Fsp3) is 0.408. The van der Waals surface area contributed by atoms with Gasteiger partial charge in [-0.25, -0.2) is 15.0 Å². The van der Waals surface area contributed by atoms with E-state index in [1.54, 1.807) is 17.3 Å². The Morgan fingerprint density at radius 2 is 1.59 bits per heavy atom. The van der Waals surface area contributed by atoms with Crippen LogP contribution >= 0.6 is 0 Å². The first-order chi connectivity index (χ1) is 33.1. The van der Waals surface area contributed by atoms with E-state index in [0.717, 1.165) is 73.1 Å². The summed E-state index contributed by atoms with van der Waals surface area (Å²) < 4.78 is 14.2. The first-order valence-electron chi connectivity index (χ1n) is 23.4. The summed E-state index contributed by atoms with van der Waals surface area (Å²) in [6.45, 7) is 5.77. The highest BCUT2D eigenvalue weighted by atomic mass is 16.5. The van der Waals surface area contributed by atoms with E-state index >= 15 is 0 Å². The number of amides is 6. The number of piperazine rings is 1. The molecule has 0 bridgehead atoms. The second kappa shape index (κ2) is 19.5. The van der Waals surface area contributed by atoms with Crippen LogP contribution in [0.15, 0.2) is 85.5 Å². The summed E-state index contributed by atoms with van der Waals surface area (Å²) >= 11 is 0. The molecule has 0 radical (unpaired) electrons. The van der Waals surface area contributed by atoms with Crippen molar-refractivity contribution in [2.75, 3.05) is 69.2 Å². The first kappa shape index (κ1) is 44.6. The number of anilines is 3. The molecule has 6 amide bonds. The molecule has 3 aromatic carbocycles. The summed E-state index contributed by atoms with van der Waals surface area (Å²) in [5.74, 6) is -1.91. The van der Waals surface area contributed by atoms with Gasteiger partial charge < -0.3 is 34.5 Å². The van der Waals surface area contributed by atoms with Gasteiger partial charge in [0.25, 0.3) is 17.7 Å². The molecule has 4 fully saturated rings. The molecule has 1 atom stereocenters. The molecule has 5 aromatic rings. The summed E-state index contributed by atoms with van der Waals surface area (Å²) in [6, 6.07) is 22.0. The van der Waals surface area contributed by atoms with Gasteiger partial charge in [-0.2, -0.15) is 0 Å². The third-order valence-corrected chi connectivity index (χ3v) is 13.6. The molecule has 68 heavy (non-hydrogen) atoms. The summed E-state index contributed by atoms with van der Waals surface area (Å²) in [7, 11) is 0. The van der Waals surface area contributed by atoms with Crippen LogP contribution in [0, 0.1) is 0 Å². The minimum atomic E-state index is -1.09. The minimum Gasteiger partial charge on any atom is -0.483 e. The van der Waals surface area contributed by atoms with Crippen molar-refractivity contribution in [1.82, 2.24) is 44.9 Å². The fourth-order valence-corrected chi connectivity index (χ4v) is 9.78. The second-order valence-corrected chi connectivity index (χ2v) is 18.0. The zero-order chi connectivity index (χ0) is 46.7. The summed E-state index contributed by atoms with van der Waals surface area (Å²) in [5.41, 5.74) is 4.63. The van der Waals surface area contributed by atoms with Gasteiger partial charge in [0.1, 0.15) is 18.1 Å². The Labute approximate surface area is 392 Å². The fourth-order valence-electron chi connectivity index (χ4n) is 9.78. The lowest BCUT2D eigenvalue weighted by molar-refractivity contribution is -0.137. The predicted octanol–water partition coefficient (Wildman–Crippen LogP) is 3.24. The molecule has 352 valence electrons. The SMILES string of the molecule is O=C1CCC(N2C(=O)c3cccc(OCC(=O)N4CCC(OCCN5CCN(c6ccc(Nc7ncnc8c7ncn8C7CC(NC(=O)Cc8ccccc8)C7)cc6)CC5)CC4)c3C2=O)C(=O)N1. The van der Waals surface area contributed by atoms with Crippen molar-refractivity contribution in [1.29, 1.82) is 0 Å². The number of ether oxygens (including phenoxy) is 2. The van der Waals surface area contributed by atoms with Crippen molar-refractivity contribution in [2.45, 2.75) is 69.2 Å². The van der Waals surface area contributed by atoms with Crippen LogP contribution in [0.25, 0.3) is 11.2 Å². The summed E-state index contributed by atoms with van der Waals surface area (Å²) in [5, 5.41) is 8.78. The van der Waals surface area contributed by atoms with Crippen molar-refractivity contribution in [2.24, 2.45) is 0 Å². The number of hydrogen-bond donors (Lipinski definition) is 3. The highest BCUT2D eigenvalue weighted by molar-refractivity contribution is 6.24. The molecular weight excluding hydrogens is 871 g/mol. The monoisotopic (exact) mass is 923 g/mol. The van der Waals surface area contributed by atoms with Crippen molar-refractivity contribution in [3.63, 3.8) is 0 Å². The number of nitrogens with one attached hydrogen (secondary N) is 3. The maximum absolute atomic E-state index is 13.4. The Kier molecular flexibility index (Phi) is 12.8. The molecule has 19 nitrogen and oxygen atoms in total. The standard InChI is InChI=1S/C49H53N11O8/c61-40-14-13-38(47(64)55-40)60-48(65)37-7-4-8-39(43(37)49(60)66)68-28-42(63)58-17-15-36(16-18-58)67-24-23-56-19-21-57(22-20-56)34-11-9-32(10-12-34)54-45-44-46(51-29-50-45)59(30-52-44)35-26-33(27-35)53-41(62)25-31-5-2-1-3-6-31/h1-12,29-30,33,35-36,38H,13-28H2,(H,53,62)(H,50,51,54)(H,55,61,64). The molecule has 3 saturated heterocycles. The molecule has 1 aliphatic carbocycles. The summed E-state index contributed by atoms with van der Waals surface area (Å²) in [6.07, 6.45) is 6.91. The van der Waals surface area contributed by atoms with Gasteiger partial charge in [-0.05, 0) is 74.1 Å². The zero-order valence-corrected chi connectivity index (χ0v) is 37.5. The number of piperidine rings is 2. The molecule has 4 aliphatic heterocycles. The van der Waals surface area contributed by atoms with Crippen LogP contribution in [0.3, 0.4) is 0 Å². The van der Waals surface area contributed by atoms with Crippen molar-refractivity contribution < 1.29 is 38.2 Å². The molecule has 1 saturated carbocycles. The number of rotatable bonds is 15. The average molecular weight is 924 g/mol. The Morgan fingerprint density at radius 3 is 2.35 bits per heavy atom. The van der Waals surface area contributed by atoms with E-state index in [4.69, 9.17) is 9.47 Å². The number of imide groups is 2. The van der Waals surface area contributed by atoms with E-state index in [1.807, 2.05) is 36.7 Å². The van der Waals surface area contributed by atoms with Crippen LogP contribution < -0.4 is 25.6 Å². The topological polar surface area (TPSA) is 214 Å². The van der Waals surface area contributed by atoms with E-state index in [2.05, 4.69) is 69.5 Å². The highest BCUT2D eigenvalue weighted by Gasteiger charge is 2.46. The Hall–Kier alpha value is -7.25. The normalized spacial score (nSPS) is 21.1. The molecule has 5 aliphatic rings. The van der Waals surface area contributed by atoms with Gasteiger partial charge >= 0.3 is 0 Å². The maximum Gasteiger partial charge on any atom is 0.266 e. The second-order valence-electron chi connectivity index (χ2n) is 18.0. The van der Waals surface area contributed by atoms with E-state index in [-0.39, 0.29) is 66.3 Å². The van der Waals surface area contributed by atoms with Gasteiger partial charge in [0.05, 0.1) is 36.6 Å². The molecule has 19 heteroatoms. The molecule has 6 heterocycles. The number of fused-ring (bicyclic) bond motifs is 2. The molecule has 3 N–H and O–H groups in total. The zero-order valence-electron chi connectivity index (χ0n) is 37.5. The number of carbonyl (C=O) groups is 6. The molecule has 1 unspecified atom stereocenters. The van der Waals surface area contributed by atoms with Gasteiger partial charge in [0.15, 0.2) is 23.6 Å². The van der Waals surface area contributed by atoms with Crippen LogP contribution in [0.5, 0.6) is 5.75 Å². The molecule has 2 aromatic heterocycles. The Bertz CT molecular complexity index is 2710. The molecular formula is C49H53N11O8. The predicted molar refractivity (Wildman–Crippen MR) is 248 cm³/mol. The van der Waals surface area contributed by atoms with Gasteiger partial charge in [-0.3, -0.25) is 43.9 Å². The van der Waals surface area contributed by atoms with Gasteiger partial charge in [-0.15, -0.1) is 0 Å². The summed E-state index contributed by atoms with van der Waals surface area (Å²) in [4.78, 5) is 97.5. The third-order valence-electron chi connectivity index (χ3n) is 13.6. The number of carbonyl (C=O) groups excluding carboxylic acids is 6. The number of nitrogens with zero attached hydrogens (tertiary/aromatic N) is 8. The van der Waals surface area contributed by atoms with E-state index in [9.17, 15) is 28.8 Å².